The van der Waals surface area contributed by atoms with Gasteiger partial charge in [0.25, 0.3) is 0 Å². The molecule has 1 amide bonds. The van der Waals surface area contributed by atoms with Crippen LogP contribution < -0.4 is 9.64 Å². The summed E-state index contributed by atoms with van der Waals surface area (Å²) in [6.45, 7) is 2.79. The van der Waals surface area contributed by atoms with Crippen LogP contribution in [0.4, 0.5) is 5.69 Å². The summed E-state index contributed by atoms with van der Waals surface area (Å²) in [5.74, 6) is 0.437. The second-order valence-electron chi connectivity index (χ2n) is 6.78. The summed E-state index contributed by atoms with van der Waals surface area (Å²) >= 11 is 0. The molecule has 0 bridgehead atoms. The van der Waals surface area contributed by atoms with Crippen molar-refractivity contribution in [3.63, 3.8) is 0 Å². The van der Waals surface area contributed by atoms with Crippen LogP contribution in [0.25, 0.3) is 10.9 Å². The van der Waals surface area contributed by atoms with Gasteiger partial charge in [-0.25, -0.2) is 8.42 Å². The monoisotopic (exact) mass is 384 g/mol. The van der Waals surface area contributed by atoms with E-state index in [0.29, 0.717) is 24.6 Å². The van der Waals surface area contributed by atoms with Crippen LogP contribution in [0, 0.1) is 6.92 Å². The molecule has 1 N–H and O–H groups in total. The van der Waals surface area contributed by atoms with E-state index in [-0.39, 0.29) is 17.2 Å². The molecule has 1 aromatic heterocycles. The zero-order chi connectivity index (χ0) is 19.2. The fourth-order valence-corrected chi connectivity index (χ4v) is 4.18. The van der Waals surface area contributed by atoms with Gasteiger partial charge >= 0.3 is 0 Å². The number of hydrogen-bond acceptors (Lipinski definition) is 4. The third-order valence-corrected chi connectivity index (χ3v) is 5.97. The SMILES string of the molecule is Cc1cccc2[nH]cc(CC(=O)N3CCOc4ccc(S(C)(=O)=O)cc43)c12. The summed E-state index contributed by atoms with van der Waals surface area (Å²) in [5.41, 5.74) is 3.55. The van der Waals surface area contributed by atoms with E-state index in [1.807, 2.05) is 31.3 Å². The van der Waals surface area contributed by atoms with Crippen molar-refractivity contribution >= 4 is 32.3 Å². The lowest BCUT2D eigenvalue weighted by Gasteiger charge is -2.30. The van der Waals surface area contributed by atoms with Gasteiger partial charge in [0, 0.05) is 23.4 Å². The summed E-state index contributed by atoms with van der Waals surface area (Å²) in [4.78, 5) is 18.1. The van der Waals surface area contributed by atoms with Crippen LogP contribution in [0.5, 0.6) is 5.75 Å². The number of ether oxygens (including phenoxy) is 1. The maximum Gasteiger partial charge on any atom is 0.231 e. The molecule has 0 saturated heterocycles. The number of aromatic nitrogens is 1. The summed E-state index contributed by atoms with van der Waals surface area (Å²) in [6, 6.07) is 10.6. The average molecular weight is 384 g/mol. The Bertz CT molecular complexity index is 1150. The van der Waals surface area contributed by atoms with Crippen LogP contribution in [-0.2, 0) is 21.1 Å². The molecule has 0 spiro atoms. The lowest BCUT2D eigenvalue weighted by molar-refractivity contribution is -0.118. The lowest BCUT2D eigenvalue weighted by Crippen LogP contribution is -2.39. The van der Waals surface area contributed by atoms with E-state index in [0.717, 1.165) is 28.3 Å². The number of nitrogens with one attached hydrogen (secondary N) is 1. The molecule has 27 heavy (non-hydrogen) atoms. The molecule has 0 unspecified atom stereocenters. The van der Waals surface area contributed by atoms with Gasteiger partial charge in [-0.05, 0) is 42.3 Å². The second-order valence-corrected chi connectivity index (χ2v) is 8.80. The Balaban J connectivity index is 1.69. The van der Waals surface area contributed by atoms with Gasteiger partial charge in [0.05, 0.1) is 23.5 Å². The first-order valence-electron chi connectivity index (χ1n) is 8.67. The van der Waals surface area contributed by atoms with Crippen molar-refractivity contribution in [3.05, 3.63) is 53.7 Å². The van der Waals surface area contributed by atoms with Crippen molar-refractivity contribution in [1.82, 2.24) is 4.98 Å². The van der Waals surface area contributed by atoms with E-state index in [1.54, 1.807) is 11.0 Å². The largest absolute Gasteiger partial charge is 0.490 e. The normalized spacial score (nSPS) is 14.1. The highest BCUT2D eigenvalue weighted by molar-refractivity contribution is 7.90. The number of carbonyl (C=O) groups is 1. The standard InChI is InChI=1S/C20H20N2O4S/c1-13-4-3-5-16-20(13)14(12-21-16)10-19(23)22-8-9-26-18-7-6-15(11-17(18)22)27(2,24)25/h3-7,11-12,21H,8-10H2,1-2H3. The van der Waals surface area contributed by atoms with Gasteiger partial charge in [-0.3, -0.25) is 4.79 Å². The van der Waals surface area contributed by atoms with E-state index in [2.05, 4.69) is 4.98 Å². The van der Waals surface area contributed by atoms with Crippen molar-refractivity contribution in [2.45, 2.75) is 18.2 Å². The first-order chi connectivity index (χ1) is 12.8. The van der Waals surface area contributed by atoms with Crippen LogP contribution in [0.1, 0.15) is 11.1 Å². The zero-order valence-corrected chi connectivity index (χ0v) is 16.0. The quantitative estimate of drug-likeness (QED) is 0.753. The summed E-state index contributed by atoms with van der Waals surface area (Å²) in [7, 11) is -3.37. The number of fused-ring (bicyclic) bond motifs is 2. The molecule has 4 rings (SSSR count). The van der Waals surface area contributed by atoms with Crippen molar-refractivity contribution < 1.29 is 17.9 Å². The lowest BCUT2D eigenvalue weighted by atomic mass is 10.0. The minimum atomic E-state index is -3.37. The molecule has 7 heteroatoms. The Hall–Kier alpha value is -2.80. The summed E-state index contributed by atoms with van der Waals surface area (Å²) in [6.07, 6.45) is 3.25. The van der Waals surface area contributed by atoms with Gasteiger partial charge in [0.15, 0.2) is 9.84 Å². The minimum absolute atomic E-state index is 0.0886. The first kappa shape index (κ1) is 17.6. The fourth-order valence-electron chi connectivity index (χ4n) is 3.54. The molecule has 1 aliphatic rings. The molecule has 0 atom stereocenters. The number of aryl methyl sites for hydroxylation is 1. The number of aromatic amines is 1. The van der Waals surface area contributed by atoms with E-state index in [1.165, 1.54) is 12.1 Å². The van der Waals surface area contributed by atoms with Crippen LogP contribution >= 0.6 is 0 Å². The van der Waals surface area contributed by atoms with Gasteiger partial charge in [-0.2, -0.15) is 0 Å². The Kier molecular flexibility index (Phi) is 4.19. The Morgan fingerprint density at radius 2 is 2.07 bits per heavy atom. The van der Waals surface area contributed by atoms with Crippen molar-refractivity contribution in [1.29, 1.82) is 0 Å². The predicted octanol–water partition coefficient (Wildman–Crippen LogP) is 2.85. The van der Waals surface area contributed by atoms with Crippen LogP contribution in [-0.4, -0.2) is 38.7 Å². The molecule has 6 nitrogen and oxygen atoms in total. The minimum Gasteiger partial charge on any atom is -0.490 e. The van der Waals surface area contributed by atoms with Crippen LogP contribution in [0.15, 0.2) is 47.5 Å². The molecule has 0 radical (unpaired) electrons. The number of rotatable bonds is 3. The van der Waals surface area contributed by atoms with Crippen molar-refractivity contribution in [2.75, 3.05) is 24.3 Å². The van der Waals surface area contributed by atoms with Gasteiger partial charge in [0.2, 0.25) is 5.91 Å². The third-order valence-electron chi connectivity index (χ3n) is 4.86. The number of amides is 1. The number of benzene rings is 2. The highest BCUT2D eigenvalue weighted by Gasteiger charge is 2.26. The molecule has 0 aliphatic carbocycles. The highest BCUT2D eigenvalue weighted by atomic mass is 32.2. The average Bonchev–Trinajstić information content (AvgIpc) is 3.04. The number of nitrogens with zero attached hydrogens (tertiary/aromatic N) is 1. The molecule has 1 aliphatic heterocycles. The third kappa shape index (κ3) is 3.19. The number of hydrogen-bond donors (Lipinski definition) is 1. The number of anilines is 1. The Morgan fingerprint density at radius 1 is 1.26 bits per heavy atom. The van der Waals surface area contributed by atoms with Gasteiger partial charge < -0.3 is 14.6 Å². The molecular weight excluding hydrogens is 364 g/mol. The maximum atomic E-state index is 13.1. The topological polar surface area (TPSA) is 79.5 Å². The van der Waals surface area contributed by atoms with Crippen LogP contribution in [0.3, 0.4) is 0 Å². The zero-order valence-electron chi connectivity index (χ0n) is 15.2. The number of carbonyl (C=O) groups excluding carboxylic acids is 1. The molecule has 0 fully saturated rings. The molecule has 3 aromatic rings. The molecule has 140 valence electrons. The van der Waals surface area contributed by atoms with Gasteiger partial charge in [-0.1, -0.05) is 12.1 Å². The highest BCUT2D eigenvalue weighted by Crippen LogP contribution is 2.34. The van der Waals surface area contributed by atoms with E-state index in [9.17, 15) is 13.2 Å². The van der Waals surface area contributed by atoms with E-state index < -0.39 is 9.84 Å². The van der Waals surface area contributed by atoms with E-state index >= 15 is 0 Å². The number of H-pyrrole nitrogens is 1. The fraction of sp³-hybridized carbons (Fsp3) is 0.250. The van der Waals surface area contributed by atoms with Gasteiger partial charge in [-0.15, -0.1) is 0 Å². The smallest absolute Gasteiger partial charge is 0.231 e. The van der Waals surface area contributed by atoms with E-state index in [4.69, 9.17) is 4.74 Å². The first-order valence-corrected chi connectivity index (χ1v) is 10.6. The van der Waals surface area contributed by atoms with Crippen molar-refractivity contribution in [3.8, 4) is 5.75 Å². The van der Waals surface area contributed by atoms with Gasteiger partial charge in [0.1, 0.15) is 12.4 Å². The molecule has 2 aromatic carbocycles. The number of sulfone groups is 1. The molecular formula is C20H20N2O4S. The predicted molar refractivity (Wildman–Crippen MR) is 104 cm³/mol. The molecule has 2 heterocycles. The summed E-state index contributed by atoms with van der Waals surface area (Å²) in [5, 5.41) is 1.06. The molecule has 0 saturated carbocycles. The Labute approximate surface area is 157 Å². The summed E-state index contributed by atoms with van der Waals surface area (Å²) < 4.78 is 29.4. The second kappa shape index (κ2) is 6.42. The Morgan fingerprint density at radius 3 is 2.85 bits per heavy atom. The van der Waals surface area contributed by atoms with Crippen LogP contribution in [0.2, 0.25) is 0 Å². The maximum absolute atomic E-state index is 13.1. The van der Waals surface area contributed by atoms with Crippen molar-refractivity contribution in [2.24, 2.45) is 0 Å².